The van der Waals surface area contributed by atoms with E-state index >= 15 is 0 Å². The molecule has 0 aromatic carbocycles. The van der Waals surface area contributed by atoms with Gasteiger partial charge in [0.15, 0.2) is 0 Å². The van der Waals surface area contributed by atoms with Crippen molar-refractivity contribution in [3.05, 3.63) is 0 Å². The Bertz CT molecular complexity index is 195. The highest BCUT2D eigenvalue weighted by atomic mass is 32.2. The first-order valence-corrected chi connectivity index (χ1v) is 7.66. The standard InChI is InChI=1S/C13H25NS/c1-10-4-3-5-12(7-6-10)14-13-8-11(2)15-9-13/h10-14H,3-9H2,1-2H3. The van der Waals surface area contributed by atoms with E-state index in [4.69, 9.17) is 0 Å². The van der Waals surface area contributed by atoms with Crippen LogP contribution in [0.5, 0.6) is 0 Å². The summed E-state index contributed by atoms with van der Waals surface area (Å²) in [4.78, 5) is 0. The lowest BCUT2D eigenvalue weighted by atomic mass is 10.0. The van der Waals surface area contributed by atoms with E-state index in [1.165, 1.54) is 44.3 Å². The average molecular weight is 227 g/mol. The molecule has 0 amide bonds. The van der Waals surface area contributed by atoms with Crippen LogP contribution >= 0.6 is 11.8 Å². The lowest BCUT2D eigenvalue weighted by Crippen LogP contribution is -2.38. The highest BCUT2D eigenvalue weighted by molar-refractivity contribution is 8.00. The van der Waals surface area contributed by atoms with E-state index in [1.807, 2.05) is 0 Å². The molecule has 1 aliphatic heterocycles. The van der Waals surface area contributed by atoms with Gasteiger partial charge < -0.3 is 5.32 Å². The van der Waals surface area contributed by atoms with Crippen molar-refractivity contribution in [3.8, 4) is 0 Å². The van der Waals surface area contributed by atoms with Crippen molar-refractivity contribution in [2.24, 2.45) is 5.92 Å². The van der Waals surface area contributed by atoms with Gasteiger partial charge in [-0.2, -0.15) is 11.8 Å². The van der Waals surface area contributed by atoms with Gasteiger partial charge in [-0.25, -0.2) is 0 Å². The molecule has 4 unspecified atom stereocenters. The molecule has 1 nitrogen and oxygen atoms in total. The topological polar surface area (TPSA) is 12.0 Å². The number of hydrogen-bond donors (Lipinski definition) is 1. The summed E-state index contributed by atoms with van der Waals surface area (Å²) in [5, 5.41) is 4.77. The van der Waals surface area contributed by atoms with E-state index in [2.05, 4.69) is 30.9 Å². The zero-order valence-corrected chi connectivity index (χ0v) is 11.0. The zero-order chi connectivity index (χ0) is 10.7. The van der Waals surface area contributed by atoms with Gasteiger partial charge in [0.05, 0.1) is 0 Å². The SMILES string of the molecule is CC1CCCC(NC2CSC(C)C2)CC1. The summed E-state index contributed by atoms with van der Waals surface area (Å²) < 4.78 is 0. The summed E-state index contributed by atoms with van der Waals surface area (Å²) in [5.74, 6) is 2.31. The van der Waals surface area contributed by atoms with Gasteiger partial charge in [0.1, 0.15) is 0 Å². The van der Waals surface area contributed by atoms with Gasteiger partial charge >= 0.3 is 0 Å². The fraction of sp³-hybridized carbons (Fsp3) is 1.00. The highest BCUT2D eigenvalue weighted by Gasteiger charge is 2.25. The predicted molar refractivity (Wildman–Crippen MR) is 69.5 cm³/mol. The molecule has 1 saturated heterocycles. The molecule has 2 heteroatoms. The Morgan fingerprint density at radius 1 is 1.00 bits per heavy atom. The van der Waals surface area contributed by atoms with Crippen molar-refractivity contribution >= 4 is 11.8 Å². The molecule has 0 bridgehead atoms. The van der Waals surface area contributed by atoms with Gasteiger partial charge in [-0.15, -0.1) is 0 Å². The van der Waals surface area contributed by atoms with Crippen LogP contribution in [0.2, 0.25) is 0 Å². The van der Waals surface area contributed by atoms with E-state index < -0.39 is 0 Å². The van der Waals surface area contributed by atoms with Crippen LogP contribution in [0.15, 0.2) is 0 Å². The summed E-state index contributed by atoms with van der Waals surface area (Å²) in [5.41, 5.74) is 0. The van der Waals surface area contributed by atoms with Crippen molar-refractivity contribution in [2.75, 3.05) is 5.75 Å². The van der Waals surface area contributed by atoms with Crippen molar-refractivity contribution in [3.63, 3.8) is 0 Å². The lowest BCUT2D eigenvalue weighted by Gasteiger charge is -2.21. The summed E-state index contributed by atoms with van der Waals surface area (Å²) >= 11 is 2.14. The summed E-state index contributed by atoms with van der Waals surface area (Å²) in [6.07, 6.45) is 8.54. The zero-order valence-electron chi connectivity index (χ0n) is 10.2. The Balaban J connectivity index is 1.74. The lowest BCUT2D eigenvalue weighted by molar-refractivity contribution is 0.400. The molecule has 2 rings (SSSR count). The van der Waals surface area contributed by atoms with Crippen LogP contribution in [0, 0.1) is 5.92 Å². The molecule has 0 aromatic rings. The molecule has 1 saturated carbocycles. The van der Waals surface area contributed by atoms with Gasteiger partial charge in [-0.3, -0.25) is 0 Å². The van der Waals surface area contributed by atoms with Gasteiger partial charge in [0.2, 0.25) is 0 Å². The second-order valence-electron chi connectivity index (χ2n) is 5.55. The van der Waals surface area contributed by atoms with Crippen LogP contribution in [-0.4, -0.2) is 23.1 Å². The van der Waals surface area contributed by atoms with E-state index in [1.54, 1.807) is 0 Å². The fourth-order valence-electron chi connectivity index (χ4n) is 2.92. The largest absolute Gasteiger partial charge is 0.310 e. The van der Waals surface area contributed by atoms with Crippen molar-refractivity contribution in [1.29, 1.82) is 0 Å². The first-order chi connectivity index (χ1) is 7.24. The monoisotopic (exact) mass is 227 g/mol. The quantitative estimate of drug-likeness (QED) is 0.725. The number of thioether (sulfide) groups is 1. The number of hydrogen-bond acceptors (Lipinski definition) is 2. The molecule has 2 aliphatic rings. The van der Waals surface area contributed by atoms with E-state index in [-0.39, 0.29) is 0 Å². The predicted octanol–water partition coefficient (Wildman–Crippen LogP) is 3.44. The van der Waals surface area contributed by atoms with Crippen molar-refractivity contribution in [2.45, 2.75) is 69.7 Å². The molecular weight excluding hydrogens is 202 g/mol. The number of rotatable bonds is 2. The maximum atomic E-state index is 3.89. The van der Waals surface area contributed by atoms with Crippen LogP contribution < -0.4 is 5.32 Å². The van der Waals surface area contributed by atoms with Gasteiger partial charge in [0.25, 0.3) is 0 Å². The third-order valence-electron chi connectivity index (χ3n) is 3.93. The molecule has 88 valence electrons. The molecule has 0 spiro atoms. The van der Waals surface area contributed by atoms with Crippen LogP contribution in [0.4, 0.5) is 0 Å². The first kappa shape index (κ1) is 11.8. The normalized spacial score (nSPS) is 42.8. The van der Waals surface area contributed by atoms with Crippen LogP contribution in [0.1, 0.15) is 52.4 Å². The molecule has 1 heterocycles. The molecule has 4 atom stereocenters. The maximum absolute atomic E-state index is 3.89. The van der Waals surface area contributed by atoms with E-state index in [0.717, 1.165) is 23.3 Å². The van der Waals surface area contributed by atoms with Crippen LogP contribution in [0.25, 0.3) is 0 Å². The molecule has 0 aromatic heterocycles. The summed E-state index contributed by atoms with van der Waals surface area (Å²) in [7, 11) is 0. The Morgan fingerprint density at radius 2 is 1.87 bits per heavy atom. The van der Waals surface area contributed by atoms with Crippen molar-refractivity contribution in [1.82, 2.24) is 5.32 Å². The Labute approximate surface area is 98.8 Å². The second kappa shape index (κ2) is 5.58. The first-order valence-electron chi connectivity index (χ1n) is 6.61. The Morgan fingerprint density at radius 3 is 2.60 bits per heavy atom. The third-order valence-corrected chi connectivity index (χ3v) is 5.28. The smallest absolute Gasteiger partial charge is 0.0171 e. The third kappa shape index (κ3) is 3.67. The maximum Gasteiger partial charge on any atom is 0.0171 e. The molecule has 1 aliphatic carbocycles. The molecule has 1 N–H and O–H groups in total. The summed E-state index contributed by atoms with van der Waals surface area (Å²) in [6.45, 7) is 4.78. The Hall–Kier alpha value is 0.310. The van der Waals surface area contributed by atoms with Gasteiger partial charge in [-0.05, 0) is 31.6 Å². The van der Waals surface area contributed by atoms with Gasteiger partial charge in [0, 0.05) is 23.1 Å². The second-order valence-corrected chi connectivity index (χ2v) is 7.02. The molecule has 2 fully saturated rings. The minimum absolute atomic E-state index is 0.809. The highest BCUT2D eigenvalue weighted by Crippen LogP contribution is 2.28. The summed E-state index contributed by atoms with van der Waals surface area (Å²) in [6, 6.07) is 1.63. The molecule has 0 radical (unpaired) electrons. The van der Waals surface area contributed by atoms with Crippen LogP contribution in [0.3, 0.4) is 0 Å². The minimum atomic E-state index is 0.809. The molecular formula is C13H25NS. The van der Waals surface area contributed by atoms with Gasteiger partial charge in [-0.1, -0.05) is 26.7 Å². The van der Waals surface area contributed by atoms with Crippen molar-refractivity contribution < 1.29 is 0 Å². The van der Waals surface area contributed by atoms with Crippen LogP contribution in [-0.2, 0) is 0 Å². The molecule has 15 heavy (non-hydrogen) atoms. The van der Waals surface area contributed by atoms with E-state index in [9.17, 15) is 0 Å². The minimum Gasteiger partial charge on any atom is -0.310 e. The average Bonchev–Trinajstić information content (AvgIpc) is 2.48. The fourth-order valence-corrected chi connectivity index (χ4v) is 4.08. The Kier molecular flexibility index (Phi) is 4.39. The van der Waals surface area contributed by atoms with E-state index in [0.29, 0.717) is 0 Å². The number of nitrogens with one attached hydrogen (secondary N) is 1.